The zero-order valence-corrected chi connectivity index (χ0v) is 21.3. The number of nitrogens with zero attached hydrogens (tertiary/aromatic N) is 2. The molecule has 10 nitrogen and oxygen atoms in total. The summed E-state index contributed by atoms with van der Waals surface area (Å²) in [5, 5.41) is 7.20. The molecule has 3 aromatic rings. The molecule has 0 unspecified atom stereocenters. The van der Waals surface area contributed by atoms with Gasteiger partial charge in [0.25, 0.3) is 0 Å². The quantitative estimate of drug-likeness (QED) is 0.381. The van der Waals surface area contributed by atoms with Crippen LogP contribution in [0.1, 0.15) is 17.5 Å². The second-order valence-corrected chi connectivity index (χ2v) is 10.4. The number of hydrogen-bond donors (Lipinski definition) is 2. The summed E-state index contributed by atoms with van der Waals surface area (Å²) in [6.45, 7) is 0.151. The number of esters is 2. The van der Waals surface area contributed by atoms with Crippen LogP contribution < -0.4 is 15.2 Å². The van der Waals surface area contributed by atoms with Gasteiger partial charge < -0.3 is 24.7 Å². The topological polar surface area (TPSA) is 139 Å². The highest BCUT2D eigenvalue weighted by Gasteiger charge is 2.74. The van der Waals surface area contributed by atoms with Gasteiger partial charge in [-0.15, -0.1) is 5.10 Å². The van der Waals surface area contributed by atoms with Crippen LogP contribution in [0.3, 0.4) is 0 Å². The van der Waals surface area contributed by atoms with E-state index in [-0.39, 0.29) is 36.3 Å². The predicted molar refractivity (Wildman–Crippen MR) is 134 cm³/mol. The predicted octanol–water partition coefficient (Wildman–Crippen LogP) is 2.73. The lowest BCUT2D eigenvalue weighted by Gasteiger charge is -2.27. The molecule has 3 N–H and O–H groups in total. The number of rotatable bonds is 10. The van der Waals surface area contributed by atoms with Gasteiger partial charge in [-0.3, -0.25) is 14.7 Å². The monoisotopic (exact) mass is 524 g/mol. The van der Waals surface area contributed by atoms with Crippen LogP contribution in [0.2, 0.25) is 0 Å². The molecule has 0 saturated heterocycles. The van der Waals surface area contributed by atoms with E-state index in [1.165, 1.54) is 18.1 Å². The van der Waals surface area contributed by atoms with Gasteiger partial charge in [0.05, 0.1) is 20.1 Å². The van der Waals surface area contributed by atoms with E-state index in [2.05, 4.69) is 15.2 Å². The summed E-state index contributed by atoms with van der Waals surface area (Å²) in [4.78, 5) is 30.6. The van der Waals surface area contributed by atoms with Gasteiger partial charge in [-0.1, -0.05) is 36.0 Å². The fourth-order valence-electron chi connectivity index (χ4n) is 5.16. The van der Waals surface area contributed by atoms with Gasteiger partial charge in [0, 0.05) is 11.2 Å². The summed E-state index contributed by atoms with van der Waals surface area (Å²) in [6, 6.07) is 14.6. The van der Waals surface area contributed by atoms with Crippen LogP contribution in [0, 0.1) is 17.8 Å². The highest BCUT2D eigenvalue weighted by atomic mass is 32.2. The Kier molecular flexibility index (Phi) is 7.07. The van der Waals surface area contributed by atoms with Crippen molar-refractivity contribution < 1.29 is 28.5 Å². The molecule has 1 heterocycles. The Morgan fingerprint density at radius 1 is 1.05 bits per heavy atom. The number of methoxy groups -OCH3 is 2. The Labute approximate surface area is 218 Å². The summed E-state index contributed by atoms with van der Waals surface area (Å²) in [5.74, 6) is -0.610. The molecule has 5 atom stereocenters. The molecule has 2 aromatic carbocycles. The van der Waals surface area contributed by atoms with Crippen molar-refractivity contribution in [2.24, 2.45) is 23.5 Å². The SMILES string of the molecule is COc1cccc(COC(=O)[C@H]2[C@H]3[C@@H]2[C@](N)(C(=O)OCc2cccc(OC)c2)C[C@@H]3Sc2nc[nH]n2)c1. The number of aromatic nitrogens is 3. The molecule has 11 heteroatoms. The molecule has 194 valence electrons. The third-order valence-corrected chi connectivity index (χ3v) is 8.15. The number of carbonyl (C=O) groups excluding carboxylic acids is 2. The van der Waals surface area contributed by atoms with Crippen molar-refractivity contribution in [2.75, 3.05) is 14.2 Å². The lowest BCUT2D eigenvalue weighted by molar-refractivity contribution is -0.153. The number of nitrogens with two attached hydrogens (primary N) is 1. The summed E-state index contributed by atoms with van der Waals surface area (Å²) in [7, 11) is 3.15. The Morgan fingerprint density at radius 2 is 1.70 bits per heavy atom. The zero-order chi connectivity index (χ0) is 26.0. The van der Waals surface area contributed by atoms with Crippen LogP contribution in [0.5, 0.6) is 11.5 Å². The van der Waals surface area contributed by atoms with Crippen LogP contribution in [0.4, 0.5) is 0 Å². The molecule has 2 saturated carbocycles. The van der Waals surface area contributed by atoms with E-state index in [4.69, 9.17) is 24.7 Å². The number of thioether (sulfide) groups is 1. The number of carbonyl (C=O) groups is 2. The molecular weight excluding hydrogens is 496 g/mol. The average Bonchev–Trinajstić information content (AvgIpc) is 3.35. The van der Waals surface area contributed by atoms with Gasteiger partial charge >= 0.3 is 11.9 Å². The molecule has 2 fully saturated rings. The first-order valence-electron chi connectivity index (χ1n) is 11.8. The zero-order valence-electron chi connectivity index (χ0n) is 20.5. The first-order chi connectivity index (χ1) is 17.9. The van der Waals surface area contributed by atoms with Crippen LogP contribution in [-0.2, 0) is 32.3 Å². The molecule has 37 heavy (non-hydrogen) atoms. The number of hydrogen-bond acceptors (Lipinski definition) is 10. The third kappa shape index (κ3) is 5.14. The van der Waals surface area contributed by atoms with E-state index >= 15 is 0 Å². The van der Waals surface area contributed by atoms with Crippen molar-refractivity contribution >= 4 is 23.7 Å². The van der Waals surface area contributed by atoms with Crippen LogP contribution in [-0.4, -0.2) is 52.1 Å². The van der Waals surface area contributed by atoms with Crippen molar-refractivity contribution in [3.05, 3.63) is 66.0 Å². The summed E-state index contributed by atoms with van der Waals surface area (Å²) >= 11 is 1.41. The average molecular weight is 525 g/mol. The summed E-state index contributed by atoms with van der Waals surface area (Å²) in [5.41, 5.74) is 6.98. The van der Waals surface area contributed by atoms with Gasteiger partial charge in [0.1, 0.15) is 36.6 Å². The maximum Gasteiger partial charge on any atom is 0.326 e. The van der Waals surface area contributed by atoms with E-state index < -0.39 is 17.4 Å². The first-order valence-corrected chi connectivity index (χ1v) is 12.7. The third-order valence-electron chi connectivity index (χ3n) is 6.96. The van der Waals surface area contributed by atoms with Crippen LogP contribution >= 0.6 is 11.8 Å². The van der Waals surface area contributed by atoms with Gasteiger partial charge in [-0.05, 0) is 47.7 Å². The molecule has 0 amide bonds. The molecule has 1 aromatic heterocycles. The number of benzene rings is 2. The smallest absolute Gasteiger partial charge is 0.326 e. The van der Waals surface area contributed by atoms with Crippen LogP contribution in [0.15, 0.2) is 60.0 Å². The minimum Gasteiger partial charge on any atom is -0.497 e. The number of H-pyrrole nitrogens is 1. The fourth-order valence-corrected chi connectivity index (χ4v) is 6.50. The Balaban J connectivity index is 1.29. The minimum absolute atomic E-state index is 0.0516. The van der Waals surface area contributed by atoms with Gasteiger partial charge in [-0.25, -0.2) is 4.98 Å². The standard InChI is InChI=1S/C26H28N4O6S/c1-33-17-7-3-5-15(9-17)12-35-23(31)21-20-19(37-25-28-14-29-30-25)11-26(27,22(20)21)24(32)36-13-16-6-4-8-18(10-16)34-2/h3-10,14,19-22H,11-13,27H2,1-2H3,(H,28,29,30)/t19-,20-,21-,22-,26-/m0/s1. The van der Waals surface area contributed by atoms with E-state index in [9.17, 15) is 9.59 Å². The lowest BCUT2D eigenvalue weighted by atomic mass is 9.91. The van der Waals surface area contributed by atoms with Crippen molar-refractivity contribution in [2.45, 2.75) is 35.6 Å². The molecule has 2 aliphatic rings. The van der Waals surface area contributed by atoms with E-state index in [1.807, 2.05) is 42.5 Å². The number of nitrogens with one attached hydrogen (secondary N) is 1. The molecular formula is C26H28N4O6S. The molecule has 0 aliphatic heterocycles. The van der Waals surface area contributed by atoms with Crippen molar-refractivity contribution in [3.63, 3.8) is 0 Å². The van der Waals surface area contributed by atoms with E-state index in [0.29, 0.717) is 23.1 Å². The van der Waals surface area contributed by atoms with Crippen molar-refractivity contribution in [1.82, 2.24) is 15.2 Å². The minimum atomic E-state index is -1.32. The number of ether oxygens (including phenoxy) is 4. The van der Waals surface area contributed by atoms with Crippen molar-refractivity contribution in [1.29, 1.82) is 0 Å². The van der Waals surface area contributed by atoms with E-state index in [1.54, 1.807) is 20.3 Å². The Bertz CT molecular complexity index is 1270. The second-order valence-electron chi connectivity index (χ2n) is 9.20. The normalized spacial score (nSPS) is 25.7. The molecule has 0 radical (unpaired) electrons. The fraction of sp³-hybridized carbons (Fsp3) is 0.385. The number of fused-ring (bicyclic) bond motifs is 1. The van der Waals surface area contributed by atoms with Gasteiger partial charge in [0.2, 0.25) is 5.16 Å². The summed E-state index contributed by atoms with van der Waals surface area (Å²) in [6.07, 6.45) is 1.83. The van der Waals surface area contributed by atoms with E-state index in [0.717, 1.165) is 11.1 Å². The summed E-state index contributed by atoms with van der Waals surface area (Å²) < 4.78 is 21.8. The lowest BCUT2D eigenvalue weighted by Crippen LogP contribution is -2.51. The second kappa shape index (κ2) is 10.4. The maximum atomic E-state index is 13.3. The van der Waals surface area contributed by atoms with Gasteiger partial charge in [0.15, 0.2) is 0 Å². The largest absolute Gasteiger partial charge is 0.497 e. The molecule has 0 spiro atoms. The molecule has 5 rings (SSSR count). The molecule has 2 aliphatic carbocycles. The first kappa shape index (κ1) is 25.1. The van der Waals surface area contributed by atoms with Gasteiger partial charge in [-0.2, -0.15) is 0 Å². The van der Waals surface area contributed by atoms with Crippen LogP contribution in [0.25, 0.3) is 0 Å². The number of aromatic amines is 1. The maximum absolute atomic E-state index is 13.3. The highest BCUT2D eigenvalue weighted by Crippen LogP contribution is 2.65. The highest BCUT2D eigenvalue weighted by molar-refractivity contribution is 7.99. The Morgan fingerprint density at radius 3 is 2.30 bits per heavy atom. The Hall–Kier alpha value is -3.57. The van der Waals surface area contributed by atoms with Crippen molar-refractivity contribution in [3.8, 4) is 11.5 Å². The molecule has 0 bridgehead atoms.